The van der Waals surface area contributed by atoms with Crippen LogP contribution in [0.3, 0.4) is 0 Å². The van der Waals surface area contributed by atoms with Crippen LogP contribution in [0.5, 0.6) is 0 Å². The van der Waals surface area contributed by atoms with Crippen LogP contribution in [0.4, 0.5) is 0 Å². The molecular formula is C61H43N3. The highest BCUT2D eigenvalue weighted by Gasteiger charge is 2.52. The Balaban J connectivity index is 1.13. The molecule has 1 atom stereocenters. The highest BCUT2D eigenvalue weighted by Crippen LogP contribution is 2.64. The summed E-state index contributed by atoms with van der Waals surface area (Å²) in [5.74, 6) is 1.83. The van der Waals surface area contributed by atoms with Crippen molar-refractivity contribution in [1.82, 2.24) is 15.0 Å². The van der Waals surface area contributed by atoms with Crippen LogP contribution in [0.1, 0.15) is 52.0 Å². The van der Waals surface area contributed by atoms with E-state index in [0.29, 0.717) is 11.6 Å². The lowest BCUT2D eigenvalue weighted by atomic mass is 9.70. The zero-order valence-electron chi connectivity index (χ0n) is 35.7. The number of rotatable bonds is 7. The molecule has 1 aromatic heterocycles. The zero-order valence-corrected chi connectivity index (χ0v) is 35.7. The van der Waals surface area contributed by atoms with Crippen molar-refractivity contribution in [2.75, 3.05) is 0 Å². The van der Waals surface area contributed by atoms with Crippen LogP contribution in [-0.4, -0.2) is 15.0 Å². The lowest BCUT2D eigenvalue weighted by Crippen LogP contribution is -2.26. The molecule has 0 bridgehead atoms. The number of fused-ring (bicyclic) bond motifs is 10. The molecule has 3 nitrogen and oxygen atoms in total. The summed E-state index contributed by atoms with van der Waals surface area (Å²) < 4.78 is 0. The molecule has 0 N–H and O–H groups in total. The van der Waals surface area contributed by atoms with Gasteiger partial charge in [-0.2, -0.15) is 0 Å². The summed E-state index contributed by atoms with van der Waals surface area (Å²) in [6, 6.07) is 79.0. The first-order chi connectivity index (χ1) is 31.6. The maximum absolute atomic E-state index is 5.38. The van der Waals surface area contributed by atoms with Crippen LogP contribution >= 0.6 is 0 Å². The maximum Gasteiger partial charge on any atom is 0.163 e. The molecule has 0 radical (unpaired) electrons. The zero-order chi connectivity index (χ0) is 42.8. The van der Waals surface area contributed by atoms with Crippen molar-refractivity contribution >= 4 is 0 Å². The van der Waals surface area contributed by atoms with Crippen molar-refractivity contribution in [3.05, 3.63) is 258 Å². The molecule has 302 valence electrons. The molecule has 0 saturated heterocycles. The van der Waals surface area contributed by atoms with Gasteiger partial charge in [-0.1, -0.05) is 219 Å². The van der Waals surface area contributed by atoms with Gasteiger partial charge in [0.2, 0.25) is 0 Å². The summed E-state index contributed by atoms with van der Waals surface area (Å²) in [5, 5.41) is 0. The highest BCUT2D eigenvalue weighted by atomic mass is 15.0. The summed E-state index contributed by atoms with van der Waals surface area (Å²) in [4.78, 5) is 15.9. The topological polar surface area (TPSA) is 38.7 Å². The lowest BCUT2D eigenvalue weighted by Gasteiger charge is -2.31. The number of hydrogen-bond acceptors (Lipinski definition) is 3. The SMILES string of the molecule is Cc1ccc(-c2ccc(-c3ccccc3)cc2)cc1-c1ccc2c(c1C(C)c1nc(-c3ccccc3)nc(-c3ccccc3)n1)-c1ccccc1C21c2ccccc2-c2ccccc21. The van der Waals surface area contributed by atoms with E-state index in [-0.39, 0.29) is 5.92 Å². The monoisotopic (exact) mass is 817 g/mol. The molecule has 1 unspecified atom stereocenters. The van der Waals surface area contributed by atoms with Crippen LogP contribution in [0, 0.1) is 6.92 Å². The first-order valence-electron chi connectivity index (χ1n) is 22.2. The number of aromatic nitrogens is 3. The van der Waals surface area contributed by atoms with Gasteiger partial charge in [0.05, 0.1) is 5.41 Å². The molecule has 2 aliphatic carbocycles. The minimum atomic E-state index is -0.493. The average molecular weight is 818 g/mol. The van der Waals surface area contributed by atoms with Gasteiger partial charge < -0.3 is 0 Å². The first-order valence-corrected chi connectivity index (χ1v) is 22.2. The van der Waals surface area contributed by atoms with E-state index in [0.717, 1.165) is 17.0 Å². The second kappa shape index (κ2) is 15.1. The van der Waals surface area contributed by atoms with Crippen molar-refractivity contribution in [1.29, 1.82) is 0 Å². The van der Waals surface area contributed by atoms with E-state index >= 15 is 0 Å². The molecule has 3 heteroatoms. The number of nitrogens with zero attached hydrogens (tertiary/aromatic N) is 3. The predicted octanol–water partition coefficient (Wildman–Crippen LogP) is 15.0. The van der Waals surface area contributed by atoms with Gasteiger partial charge in [-0.15, -0.1) is 0 Å². The van der Waals surface area contributed by atoms with E-state index in [1.165, 1.54) is 89.0 Å². The Bertz CT molecular complexity index is 3290. The summed E-state index contributed by atoms with van der Waals surface area (Å²) >= 11 is 0. The van der Waals surface area contributed by atoms with Crippen LogP contribution < -0.4 is 0 Å². The van der Waals surface area contributed by atoms with Gasteiger partial charge in [-0.25, -0.2) is 15.0 Å². The van der Waals surface area contributed by atoms with Crippen molar-refractivity contribution in [2.24, 2.45) is 0 Å². The number of aryl methyl sites for hydroxylation is 1. The minimum absolute atomic E-state index is 0.235. The van der Waals surface area contributed by atoms with E-state index in [1.54, 1.807) is 0 Å². The quantitative estimate of drug-likeness (QED) is 0.161. The molecule has 0 saturated carbocycles. The van der Waals surface area contributed by atoms with Crippen molar-refractivity contribution in [3.8, 4) is 78.4 Å². The molecule has 1 heterocycles. The fourth-order valence-electron chi connectivity index (χ4n) is 10.6. The number of hydrogen-bond donors (Lipinski definition) is 0. The fourth-order valence-corrected chi connectivity index (χ4v) is 10.6. The van der Waals surface area contributed by atoms with E-state index in [4.69, 9.17) is 15.0 Å². The van der Waals surface area contributed by atoms with Crippen LogP contribution in [0.2, 0.25) is 0 Å². The number of benzene rings is 9. The van der Waals surface area contributed by atoms with Crippen LogP contribution in [0.15, 0.2) is 218 Å². The third-order valence-corrected chi connectivity index (χ3v) is 13.6. The first kappa shape index (κ1) is 37.7. The summed E-state index contributed by atoms with van der Waals surface area (Å²) in [7, 11) is 0. The Kier molecular flexibility index (Phi) is 8.91. The highest BCUT2D eigenvalue weighted by molar-refractivity contribution is 5.98. The molecule has 64 heavy (non-hydrogen) atoms. The summed E-state index contributed by atoms with van der Waals surface area (Å²) in [6.07, 6.45) is 0. The fraction of sp³-hybridized carbons (Fsp3) is 0.0656. The summed E-state index contributed by atoms with van der Waals surface area (Å²) in [5.41, 5.74) is 21.3. The Morgan fingerprint density at radius 1 is 0.344 bits per heavy atom. The molecule has 0 fully saturated rings. The Hall–Kier alpha value is -8.01. The standard InChI is InChI=1S/C61H43N3/c1-39-30-31-46(43-34-32-42(33-35-43)41-18-6-3-7-19-41)38-51(39)49-36-37-55-57(50-26-14-17-29-54(50)61(55)52-27-15-12-24-47(52)48-25-13-16-28-53(48)61)56(49)40(2)58-62-59(44-20-8-4-9-21-44)64-60(63-58)45-22-10-5-11-23-45/h3-38,40H,1-2H3. The van der Waals surface area contributed by atoms with Gasteiger partial charge in [-0.05, 0) is 102 Å². The predicted molar refractivity (Wildman–Crippen MR) is 262 cm³/mol. The van der Waals surface area contributed by atoms with Crippen LogP contribution in [0.25, 0.3) is 78.4 Å². The van der Waals surface area contributed by atoms with E-state index in [1.807, 2.05) is 36.4 Å². The van der Waals surface area contributed by atoms with E-state index < -0.39 is 5.41 Å². The van der Waals surface area contributed by atoms with Gasteiger partial charge in [0, 0.05) is 17.0 Å². The maximum atomic E-state index is 5.38. The van der Waals surface area contributed by atoms with Gasteiger partial charge >= 0.3 is 0 Å². The van der Waals surface area contributed by atoms with Gasteiger partial charge in [0.25, 0.3) is 0 Å². The van der Waals surface area contributed by atoms with Crippen molar-refractivity contribution in [3.63, 3.8) is 0 Å². The van der Waals surface area contributed by atoms with Crippen LogP contribution in [-0.2, 0) is 5.41 Å². The second-order valence-corrected chi connectivity index (χ2v) is 17.1. The van der Waals surface area contributed by atoms with Crippen molar-refractivity contribution < 1.29 is 0 Å². The molecule has 0 aliphatic heterocycles. The van der Waals surface area contributed by atoms with Gasteiger partial charge in [0.1, 0.15) is 5.82 Å². The largest absolute Gasteiger partial charge is 0.212 e. The lowest BCUT2D eigenvalue weighted by molar-refractivity contribution is 0.784. The molecule has 1 spiro atoms. The second-order valence-electron chi connectivity index (χ2n) is 17.1. The Morgan fingerprint density at radius 3 is 1.34 bits per heavy atom. The molecule has 9 aromatic carbocycles. The minimum Gasteiger partial charge on any atom is -0.212 e. The van der Waals surface area contributed by atoms with E-state index in [9.17, 15) is 0 Å². The Labute approximate surface area is 374 Å². The average Bonchev–Trinajstić information content (AvgIpc) is 3.84. The summed E-state index contributed by atoms with van der Waals surface area (Å²) in [6.45, 7) is 4.53. The molecule has 10 aromatic rings. The normalized spacial score (nSPS) is 13.2. The van der Waals surface area contributed by atoms with Crippen molar-refractivity contribution in [2.45, 2.75) is 25.2 Å². The molecule has 0 amide bonds. The third kappa shape index (κ3) is 5.85. The Morgan fingerprint density at radius 2 is 0.781 bits per heavy atom. The molecule has 12 rings (SSSR count). The third-order valence-electron chi connectivity index (χ3n) is 13.6. The smallest absolute Gasteiger partial charge is 0.163 e. The van der Waals surface area contributed by atoms with Gasteiger partial charge in [0.15, 0.2) is 11.6 Å². The molecule has 2 aliphatic rings. The van der Waals surface area contributed by atoms with Gasteiger partial charge in [-0.3, -0.25) is 0 Å². The molecular weight excluding hydrogens is 775 g/mol. The van der Waals surface area contributed by atoms with E-state index in [2.05, 4.69) is 196 Å².